The standard InChI is InChI=1S/C18H24ClN3O2.ClH/c19-15-6-4-13(5-7-15)18(24)22-10-8-21(9-11-22)17(23)12-14-2-1-3-16(14)20;/h4-7,14,16H,1-3,8-12,20H2;1H/t14-,16+;/m0./s1. The molecule has 2 amide bonds. The highest BCUT2D eigenvalue weighted by atomic mass is 35.5. The molecule has 2 N–H and O–H groups in total. The lowest BCUT2D eigenvalue weighted by atomic mass is 9.99. The normalized spacial score (nSPS) is 23.3. The number of hydrogen-bond acceptors (Lipinski definition) is 3. The Bertz CT molecular complexity index is 601. The zero-order chi connectivity index (χ0) is 17.1. The van der Waals surface area contributed by atoms with E-state index in [0.29, 0.717) is 49.1 Å². The maximum atomic E-state index is 12.5. The van der Waals surface area contributed by atoms with E-state index < -0.39 is 0 Å². The molecule has 0 bridgehead atoms. The average Bonchev–Trinajstić information content (AvgIpc) is 3.00. The summed E-state index contributed by atoms with van der Waals surface area (Å²) in [5.41, 5.74) is 6.70. The first-order valence-electron chi connectivity index (χ1n) is 8.63. The molecule has 1 saturated carbocycles. The molecule has 138 valence electrons. The van der Waals surface area contributed by atoms with Crippen LogP contribution in [0.15, 0.2) is 24.3 Å². The minimum Gasteiger partial charge on any atom is -0.339 e. The van der Waals surface area contributed by atoms with E-state index in [1.54, 1.807) is 29.2 Å². The molecule has 1 aliphatic heterocycles. The third-order valence-electron chi connectivity index (χ3n) is 5.17. The van der Waals surface area contributed by atoms with Crippen LogP contribution in [0, 0.1) is 5.92 Å². The smallest absolute Gasteiger partial charge is 0.253 e. The fourth-order valence-corrected chi connectivity index (χ4v) is 3.73. The Balaban J connectivity index is 0.00000225. The summed E-state index contributed by atoms with van der Waals surface area (Å²) in [6.45, 7) is 2.34. The SMILES string of the molecule is Cl.N[C@@H]1CCC[C@H]1CC(=O)N1CCN(C(=O)c2ccc(Cl)cc2)CC1. The molecule has 2 aliphatic rings. The van der Waals surface area contributed by atoms with Crippen molar-refractivity contribution in [1.82, 2.24) is 9.80 Å². The summed E-state index contributed by atoms with van der Waals surface area (Å²) in [6, 6.07) is 7.09. The number of nitrogens with zero attached hydrogens (tertiary/aromatic N) is 2. The number of nitrogens with two attached hydrogens (primary N) is 1. The van der Waals surface area contributed by atoms with Crippen molar-refractivity contribution >= 4 is 35.8 Å². The van der Waals surface area contributed by atoms with Crippen LogP contribution in [-0.2, 0) is 4.79 Å². The van der Waals surface area contributed by atoms with Gasteiger partial charge in [0.15, 0.2) is 0 Å². The summed E-state index contributed by atoms with van der Waals surface area (Å²) in [4.78, 5) is 28.6. The Kier molecular flexibility index (Phi) is 7.11. The van der Waals surface area contributed by atoms with Crippen molar-refractivity contribution in [2.45, 2.75) is 31.7 Å². The van der Waals surface area contributed by atoms with Crippen molar-refractivity contribution in [1.29, 1.82) is 0 Å². The Morgan fingerprint density at radius 1 is 1.04 bits per heavy atom. The molecule has 5 nitrogen and oxygen atoms in total. The molecule has 1 aromatic carbocycles. The zero-order valence-corrected chi connectivity index (χ0v) is 15.8. The van der Waals surface area contributed by atoms with Gasteiger partial charge in [-0.05, 0) is 43.0 Å². The number of halogens is 2. The minimum absolute atomic E-state index is 0. The molecule has 1 saturated heterocycles. The van der Waals surface area contributed by atoms with E-state index in [-0.39, 0.29) is 30.3 Å². The van der Waals surface area contributed by atoms with Gasteiger partial charge in [0, 0.05) is 49.2 Å². The molecule has 0 unspecified atom stereocenters. The van der Waals surface area contributed by atoms with E-state index in [9.17, 15) is 9.59 Å². The van der Waals surface area contributed by atoms with Gasteiger partial charge < -0.3 is 15.5 Å². The van der Waals surface area contributed by atoms with Gasteiger partial charge >= 0.3 is 0 Å². The first-order valence-corrected chi connectivity index (χ1v) is 9.00. The lowest BCUT2D eigenvalue weighted by Gasteiger charge is -2.35. The van der Waals surface area contributed by atoms with Gasteiger partial charge in [-0.1, -0.05) is 18.0 Å². The molecule has 7 heteroatoms. The predicted octanol–water partition coefficient (Wildman–Crippen LogP) is 2.56. The Morgan fingerprint density at radius 3 is 2.20 bits per heavy atom. The molecule has 25 heavy (non-hydrogen) atoms. The fraction of sp³-hybridized carbons (Fsp3) is 0.556. The summed E-state index contributed by atoms with van der Waals surface area (Å²) in [6.07, 6.45) is 3.76. The van der Waals surface area contributed by atoms with Gasteiger partial charge in [-0.25, -0.2) is 0 Å². The highest BCUT2D eigenvalue weighted by Crippen LogP contribution is 2.27. The second-order valence-corrected chi connectivity index (χ2v) is 7.18. The van der Waals surface area contributed by atoms with E-state index in [4.69, 9.17) is 17.3 Å². The van der Waals surface area contributed by atoms with Crippen LogP contribution in [0.25, 0.3) is 0 Å². The quantitative estimate of drug-likeness (QED) is 0.868. The van der Waals surface area contributed by atoms with Crippen molar-refractivity contribution in [2.24, 2.45) is 11.7 Å². The van der Waals surface area contributed by atoms with Crippen LogP contribution >= 0.6 is 24.0 Å². The highest BCUT2D eigenvalue weighted by molar-refractivity contribution is 6.30. The molecule has 0 aromatic heterocycles. The van der Waals surface area contributed by atoms with Gasteiger partial charge in [-0.2, -0.15) is 0 Å². The van der Waals surface area contributed by atoms with Crippen LogP contribution in [0.2, 0.25) is 5.02 Å². The lowest BCUT2D eigenvalue weighted by Crippen LogP contribution is -2.51. The molecule has 2 fully saturated rings. The molecular formula is C18H25Cl2N3O2. The van der Waals surface area contributed by atoms with Crippen molar-refractivity contribution < 1.29 is 9.59 Å². The third kappa shape index (κ3) is 4.87. The van der Waals surface area contributed by atoms with E-state index in [0.717, 1.165) is 19.3 Å². The van der Waals surface area contributed by atoms with Crippen molar-refractivity contribution in [3.63, 3.8) is 0 Å². The summed E-state index contributed by atoms with van der Waals surface area (Å²) < 4.78 is 0. The first-order chi connectivity index (χ1) is 11.5. The second kappa shape index (κ2) is 8.88. The molecule has 0 radical (unpaired) electrons. The first kappa shape index (κ1) is 20.0. The van der Waals surface area contributed by atoms with E-state index in [1.807, 2.05) is 4.90 Å². The van der Waals surface area contributed by atoms with Crippen molar-refractivity contribution in [3.8, 4) is 0 Å². The fourth-order valence-electron chi connectivity index (χ4n) is 3.61. The summed E-state index contributed by atoms with van der Waals surface area (Å²) in [7, 11) is 0. The number of benzene rings is 1. The highest BCUT2D eigenvalue weighted by Gasteiger charge is 2.30. The molecule has 1 aromatic rings. The van der Waals surface area contributed by atoms with Crippen LogP contribution < -0.4 is 5.73 Å². The van der Waals surface area contributed by atoms with Gasteiger partial charge in [-0.15, -0.1) is 12.4 Å². The van der Waals surface area contributed by atoms with Gasteiger partial charge in [0.2, 0.25) is 5.91 Å². The van der Waals surface area contributed by atoms with Gasteiger partial charge in [0.25, 0.3) is 5.91 Å². The van der Waals surface area contributed by atoms with Crippen LogP contribution in [-0.4, -0.2) is 53.8 Å². The van der Waals surface area contributed by atoms with Gasteiger partial charge in [0.05, 0.1) is 0 Å². The number of amides is 2. The van der Waals surface area contributed by atoms with Gasteiger partial charge in [-0.3, -0.25) is 9.59 Å². The molecule has 1 aliphatic carbocycles. The summed E-state index contributed by atoms with van der Waals surface area (Å²) in [5, 5.41) is 0.618. The van der Waals surface area contributed by atoms with Crippen LogP contribution in [0.5, 0.6) is 0 Å². The Hall–Kier alpha value is -1.30. The average molecular weight is 386 g/mol. The summed E-state index contributed by atoms with van der Waals surface area (Å²) >= 11 is 5.86. The van der Waals surface area contributed by atoms with Crippen LogP contribution in [0.3, 0.4) is 0 Å². The van der Waals surface area contributed by atoms with E-state index in [1.165, 1.54) is 0 Å². The molecular weight excluding hydrogens is 361 g/mol. The second-order valence-electron chi connectivity index (χ2n) is 6.74. The minimum atomic E-state index is -0.00317. The number of carbonyl (C=O) groups is 2. The monoisotopic (exact) mass is 385 g/mol. The Morgan fingerprint density at radius 2 is 1.64 bits per heavy atom. The number of carbonyl (C=O) groups excluding carboxylic acids is 2. The molecule has 2 atom stereocenters. The predicted molar refractivity (Wildman–Crippen MR) is 101 cm³/mol. The lowest BCUT2D eigenvalue weighted by molar-refractivity contribution is -0.133. The zero-order valence-electron chi connectivity index (χ0n) is 14.2. The van der Waals surface area contributed by atoms with Crippen molar-refractivity contribution in [3.05, 3.63) is 34.9 Å². The molecule has 0 spiro atoms. The topological polar surface area (TPSA) is 66.6 Å². The van der Waals surface area contributed by atoms with E-state index >= 15 is 0 Å². The maximum absolute atomic E-state index is 12.5. The van der Waals surface area contributed by atoms with Crippen LogP contribution in [0.1, 0.15) is 36.0 Å². The Labute approximate surface area is 159 Å². The summed E-state index contributed by atoms with van der Waals surface area (Å²) in [5.74, 6) is 0.499. The maximum Gasteiger partial charge on any atom is 0.253 e. The number of piperazine rings is 1. The molecule has 1 heterocycles. The van der Waals surface area contributed by atoms with Gasteiger partial charge in [0.1, 0.15) is 0 Å². The van der Waals surface area contributed by atoms with Crippen molar-refractivity contribution in [2.75, 3.05) is 26.2 Å². The largest absolute Gasteiger partial charge is 0.339 e. The van der Waals surface area contributed by atoms with E-state index in [2.05, 4.69) is 0 Å². The van der Waals surface area contributed by atoms with Crippen LogP contribution in [0.4, 0.5) is 0 Å². The molecule has 3 rings (SSSR count). The third-order valence-corrected chi connectivity index (χ3v) is 5.42. The number of hydrogen-bond donors (Lipinski definition) is 1. The number of rotatable bonds is 3.